The van der Waals surface area contributed by atoms with Crippen LogP contribution in [0.5, 0.6) is 0 Å². The van der Waals surface area contributed by atoms with Crippen LogP contribution in [0.4, 0.5) is 5.69 Å². The maximum absolute atomic E-state index is 12.3. The third-order valence-corrected chi connectivity index (χ3v) is 4.08. The first-order valence-electron chi connectivity index (χ1n) is 6.98. The van der Waals surface area contributed by atoms with Gasteiger partial charge in [0, 0.05) is 36.9 Å². The molecule has 0 unspecified atom stereocenters. The molecule has 1 aromatic heterocycles. The van der Waals surface area contributed by atoms with E-state index in [9.17, 15) is 4.79 Å². The van der Waals surface area contributed by atoms with E-state index >= 15 is 0 Å². The van der Waals surface area contributed by atoms with E-state index in [2.05, 4.69) is 11.8 Å². The molecular weight excluding hydrogens is 288 g/mol. The number of piperazine rings is 1. The van der Waals surface area contributed by atoms with Crippen LogP contribution in [0.1, 0.15) is 15.9 Å². The van der Waals surface area contributed by atoms with Crippen LogP contribution >= 0.6 is 11.6 Å². The first kappa shape index (κ1) is 14.0. The number of furan rings is 1. The minimum atomic E-state index is 0.0335. The van der Waals surface area contributed by atoms with Crippen molar-refractivity contribution in [2.75, 3.05) is 31.1 Å². The molecule has 21 heavy (non-hydrogen) atoms. The fraction of sp³-hybridized carbons (Fsp3) is 0.312. The summed E-state index contributed by atoms with van der Waals surface area (Å²) >= 11 is 6.08. The number of carbonyl (C=O) groups is 1. The molecule has 0 spiro atoms. The van der Waals surface area contributed by atoms with Crippen molar-refractivity contribution in [2.24, 2.45) is 0 Å². The van der Waals surface area contributed by atoms with Gasteiger partial charge in [0.1, 0.15) is 6.26 Å². The fourth-order valence-corrected chi connectivity index (χ4v) is 2.81. The third-order valence-electron chi connectivity index (χ3n) is 3.85. The molecule has 1 fully saturated rings. The number of aryl methyl sites for hydroxylation is 1. The highest BCUT2D eigenvalue weighted by molar-refractivity contribution is 6.30. The Morgan fingerprint density at radius 1 is 1.19 bits per heavy atom. The smallest absolute Gasteiger partial charge is 0.257 e. The van der Waals surface area contributed by atoms with Crippen molar-refractivity contribution in [2.45, 2.75) is 6.92 Å². The van der Waals surface area contributed by atoms with E-state index < -0.39 is 0 Å². The summed E-state index contributed by atoms with van der Waals surface area (Å²) in [6, 6.07) is 7.63. The normalized spacial score (nSPS) is 15.3. The van der Waals surface area contributed by atoms with Crippen LogP contribution in [0.2, 0.25) is 5.02 Å². The zero-order valence-electron chi connectivity index (χ0n) is 11.9. The molecule has 1 saturated heterocycles. The van der Waals surface area contributed by atoms with Gasteiger partial charge in [-0.25, -0.2) is 0 Å². The highest BCUT2D eigenvalue weighted by atomic mass is 35.5. The van der Waals surface area contributed by atoms with Gasteiger partial charge in [-0.05, 0) is 30.7 Å². The molecule has 2 aromatic rings. The van der Waals surface area contributed by atoms with Crippen LogP contribution in [-0.4, -0.2) is 37.0 Å². The number of carbonyl (C=O) groups excluding carboxylic acids is 1. The molecule has 0 atom stereocenters. The maximum atomic E-state index is 12.3. The summed E-state index contributed by atoms with van der Waals surface area (Å²) < 4.78 is 4.97. The van der Waals surface area contributed by atoms with Gasteiger partial charge in [-0.15, -0.1) is 0 Å². The average molecular weight is 305 g/mol. The molecule has 0 N–H and O–H groups in total. The number of hydrogen-bond donors (Lipinski definition) is 0. The molecule has 2 heterocycles. The van der Waals surface area contributed by atoms with Crippen LogP contribution in [0.15, 0.2) is 41.2 Å². The predicted octanol–water partition coefficient (Wildman–Crippen LogP) is 3.20. The van der Waals surface area contributed by atoms with Crippen LogP contribution in [0.3, 0.4) is 0 Å². The van der Waals surface area contributed by atoms with E-state index in [-0.39, 0.29) is 5.91 Å². The van der Waals surface area contributed by atoms with Gasteiger partial charge in [-0.3, -0.25) is 4.79 Å². The van der Waals surface area contributed by atoms with Gasteiger partial charge >= 0.3 is 0 Å². The Morgan fingerprint density at radius 2 is 1.95 bits per heavy atom. The highest BCUT2D eigenvalue weighted by Crippen LogP contribution is 2.25. The summed E-state index contributed by atoms with van der Waals surface area (Å²) in [5, 5.41) is 0.743. The molecule has 1 aliphatic heterocycles. The lowest BCUT2D eigenvalue weighted by Gasteiger charge is -2.36. The number of hydrogen-bond acceptors (Lipinski definition) is 3. The van der Waals surface area contributed by atoms with E-state index in [0.29, 0.717) is 18.7 Å². The molecule has 110 valence electrons. The fourth-order valence-electron chi connectivity index (χ4n) is 2.64. The van der Waals surface area contributed by atoms with E-state index in [1.54, 1.807) is 6.07 Å². The van der Waals surface area contributed by atoms with Gasteiger partial charge in [0.25, 0.3) is 5.91 Å². The van der Waals surface area contributed by atoms with Gasteiger partial charge in [0.15, 0.2) is 0 Å². The van der Waals surface area contributed by atoms with E-state index in [1.165, 1.54) is 18.1 Å². The van der Waals surface area contributed by atoms with Gasteiger partial charge in [0.05, 0.1) is 11.8 Å². The SMILES string of the molecule is Cc1ccc(Cl)cc1N1CCN(C(=O)c2ccoc2)CC1. The predicted molar refractivity (Wildman–Crippen MR) is 83.0 cm³/mol. The van der Waals surface area contributed by atoms with Crippen molar-refractivity contribution >= 4 is 23.2 Å². The largest absolute Gasteiger partial charge is 0.472 e. The Morgan fingerprint density at radius 3 is 2.62 bits per heavy atom. The second-order valence-corrected chi connectivity index (χ2v) is 5.66. The lowest BCUT2D eigenvalue weighted by Crippen LogP contribution is -2.48. The summed E-state index contributed by atoms with van der Waals surface area (Å²) in [5.74, 6) is 0.0335. The first-order chi connectivity index (χ1) is 10.1. The van der Waals surface area contributed by atoms with Crippen molar-refractivity contribution in [3.63, 3.8) is 0 Å². The molecule has 0 aliphatic carbocycles. The highest BCUT2D eigenvalue weighted by Gasteiger charge is 2.23. The monoisotopic (exact) mass is 304 g/mol. The van der Waals surface area contributed by atoms with Crippen LogP contribution in [0.25, 0.3) is 0 Å². The van der Waals surface area contributed by atoms with Crippen molar-refractivity contribution in [1.29, 1.82) is 0 Å². The van der Waals surface area contributed by atoms with Gasteiger partial charge in [-0.1, -0.05) is 17.7 Å². The molecule has 0 radical (unpaired) electrons. The molecule has 3 rings (SSSR count). The zero-order chi connectivity index (χ0) is 14.8. The molecule has 1 aromatic carbocycles. The lowest BCUT2D eigenvalue weighted by atomic mass is 10.1. The third kappa shape index (κ3) is 2.90. The second-order valence-electron chi connectivity index (χ2n) is 5.22. The minimum absolute atomic E-state index is 0.0335. The first-order valence-corrected chi connectivity index (χ1v) is 7.35. The topological polar surface area (TPSA) is 36.7 Å². The molecule has 1 amide bonds. The van der Waals surface area contributed by atoms with E-state index in [4.69, 9.17) is 16.0 Å². The summed E-state index contributed by atoms with van der Waals surface area (Å²) in [5.41, 5.74) is 2.97. The lowest BCUT2D eigenvalue weighted by molar-refractivity contribution is 0.0746. The van der Waals surface area contributed by atoms with Crippen molar-refractivity contribution < 1.29 is 9.21 Å². The zero-order valence-corrected chi connectivity index (χ0v) is 12.6. The van der Waals surface area contributed by atoms with E-state index in [0.717, 1.165) is 23.8 Å². The van der Waals surface area contributed by atoms with Gasteiger partial charge < -0.3 is 14.2 Å². The number of anilines is 1. The second kappa shape index (κ2) is 5.82. The quantitative estimate of drug-likeness (QED) is 0.855. The Kier molecular flexibility index (Phi) is 3.88. The Hall–Kier alpha value is -1.94. The van der Waals surface area contributed by atoms with Crippen molar-refractivity contribution in [3.05, 3.63) is 52.9 Å². The summed E-state index contributed by atoms with van der Waals surface area (Å²) in [4.78, 5) is 16.4. The number of benzene rings is 1. The van der Waals surface area contributed by atoms with E-state index in [1.807, 2.05) is 23.1 Å². The van der Waals surface area contributed by atoms with Crippen LogP contribution < -0.4 is 4.90 Å². The Bertz CT molecular complexity index is 632. The molecule has 0 bridgehead atoms. The van der Waals surface area contributed by atoms with Crippen molar-refractivity contribution in [3.8, 4) is 0 Å². The minimum Gasteiger partial charge on any atom is -0.472 e. The van der Waals surface area contributed by atoms with Crippen LogP contribution in [-0.2, 0) is 0 Å². The molecule has 5 heteroatoms. The Labute approximate surface area is 128 Å². The molecule has 0 saturated carbocycles. The van der Waals surface area contributed by atoms with Crippen LogP contribution in [0, 0.1) is 6.92 Å². The summed E-state index contributed by atoms with van der Waals surface area (Å²) in [6.07, 6.45) is 3.02. The molecule has 4 nitrogen and oxygen atoms in total. The van der Waals surface area contributed by atoms with Gasteiger partial charge in [-0.2, -0.15) is 0 Å². The maximum Gasteiger partial charge on any atom is 0.257 e. The molecule has 1 aliphatic rings. The summed E-state index contributed by atoms with van der Waals surface area (Å²) in [6.45, 7) is 5.11. The van der Waals surface area contributed by atoms with Gasteiger partial charge in [0.2, 0.25) is 0 Å². The average Bonchev–Trinajstić information content (AvgIpc) is 3.03. The van der Waals surface area contributed by atoms with Crippen molar-refractivity contribution in [1.82, 2.24) is 4.90 Å². The number of amides is 1. The number of rotatable bonds is 2. The number of halogens is 1. The number of nitrogens with zero attached hydrogens (tertiary/aromatic N) is 2. The Balaban J connectivity index is 1.68. The molecular formula is C16H17ClN2O2. The standard InChI is InChI=1S/C16H17ClN2O2/c1-12-2-3-14(17)10-15(12)18-5-7-19(8-6-18)16(20)13-4-9-21-11-13/h2-4,9-11H,5-8H2,1H3. The summed E-state index contributed by atoms with van der Waals surface area (Å²) in [7, 11) is 0.